The van der Waals surface area contributed by atoms with Crippen LogP contribution in [0, 0.1) is 6.92 Å². The third-order valence-corrected chi connectivity index (χ3v) is 4.95. The maximum atomic E-state index is 13.2. The van der Waals surface area contributed by atoms with Crippen molar-refractivity contribution in [2.45, 2.75) is 6.92 Å². The number of nitrogens with zero attached hydrogens (tertiary/aromatic N) is 2. The monoisotopic (exact) mass is 419 g/mol. The van der Waals surface area contributed by atoms with Gasteiger partial charge in [-0.15, -0.1) is 0 Å². The molecular weight excluding hydrogens is 402 g/mol. The molecule has 30 heavy (non-hydrogen) atoms. The van der Waals surface area contributed by atoms with Gasteiger partial charge in [0.25, 0.3) is 11.5 Å². The van der Waals surface area contributed by atoms with Gasteiger partial charge in [-0.2, -0.15) is 0 Å². The number of carbonyl (C=O) groups is 1. The molecule has 0 unspecified atom stereocenters. The Kier molecular flexibility index (Phi) is 5.25. The smallest absolute Gasteiger partial charge is 0.266 e. The van der Waals surface area contributed by atoms with Crippen LogP contribution in [-0.2, 0) is 0 Å². The molecule has 6 nitrogen and oxygen atoms in total. The first-order chi connectivity index (χ1) is 14.5. The molecule has 0 radical (unpaired) electrons. The molecule has 0 saturated carbocycles. The van der Waals surface area contributed by atoms with Gasteiger partial charge in [0.05, 0.1) is 23.7 Å². The molecule has 0 bridgehead atoms. The molecule has 0 aliphatic rings. The summed E-state index contributed by atoms with van der Waals surface area (Å²) in [5.41, 5.74) is 1.95. The van der Waals surface area contributed by atoms with Crippen LogP contribution in [0.25, 0.3) is 16.6 Å². The molecule has 4 rings (SSSR count). The van der Waals surface area contributed by atoms with E-state index in [2.05, 4.69) is 10.3 Å². The van der Waals surface area contributed by atoms with Crippen molar-refractivity contribution >= 4 is 34.1 Å². The van der Waals surface area contributed by atoms with Crippen LogP contribution in [0.3, 0.4) is 0 Å². The molecule has 7 heteroatoms. The van der Waals surface area contributed by atoms with Crippen molar-refractivity contribution in [2.75, 3.05) is 12.4 Å². The summed E-state index contributed by atoms with van der Waals surface area (Å²) < 4.78 is 6.71. The van der Waals surface area contributed by atoms with E-state index in [0.29, 0.717) is 44.4 Å². The average Bonchev–Trinajstić information content (AvgIpc) is 2.74. The summed E-state index contributed by atoms with van der Waals surface area (Å²) in [6, 6.07) is 18.9. The number of anilines is 1. The number of hydrogen-bond acceptors (Lipinski definition) is 4. The predicted molar refractivity (Wildman–Crippen MR) is 118 cm³/mol. The molecule has 0 atom stereocenters. The van der Waals surface area contributed by atoms with Crippen molar-refractivity contribution in [3.05, 3.63) is 93.5 Å². The minimum atomic E-state index is -0.313. The van der Waals surface area contributed by atoms with Crippen LogP contribution in [0.4, 0.5) is 5.69 Å². The molecule has 0 aliphatic carbocycles. The number of carbonyl (C=O) groups excluding carboxylic acids is 1. The Hall–Kier alpha value is -3.64. The maximum absolute atomic E-state index is 13.2. The van der Waals surface area contributed by atoms with Crippen LogP contribution in [-0.4, -0.2) is 22.6 Å². The SMILES string of the molecule is COc1ccc(-n2c(C)nc3ccc(NC(=O)c4cccc(Cl)c4)cc3c2=O)cc1. The van der Waals surface area contributed by atoms with E-state index >= 15 is 0 Å². The fourth-order valence-electron chi connectivity index (χ4n) is 3.24. The third-order valence-electron chi connectivity index (χ3n) is 4.71. The Bertz CT molecular complexity index is 1310. The second kappa shape index (κ2) is 8.00. The van der Waals surface area contributed by atoms with Gasteiger partial charge in [-0.05, 0) is 67.6 Å². The van der Waals surface area contributed by atoms with Gasteiger partial charge < -0.3 is 10.1 Å². The fourth-order valence-corrected chi connectivity index (χ4v) is 3.43. The molecule has 0 spiro atoms. The van der Waals surface area contributed by atoms with E-state index in [1.54, 1.807) is 80.8 Å². The lowest BCUT2D eigenvalue weighted by Gasteiger charge is -2.12. The third kappa shape index (κ3) is 3.77. The molecule has 1 heterocycles. The van der Waals surface area contributed by atoms with Gasteiger partial charge in [0.2, 0.25) is 0 Å². The van der Waals surface area contributed by atoms with Gasteiger partial charge in [-0.1, -0.05) is 17.7 Å². The minimum Gasteiger partial charge on any atom is -0.497 e. The van der Waals surface area contributed by atoms with Crippen LogP contribution in [0.15, 0.2) is 71.5 Å². The van der Waals surface area contributed by atoms with Crippen molar-refractivity contribution in [1.82, 2.24) is 9.55 Å². The highest BCUT2D eigenvalue weighted by molar-refractivity contribution is 6.31. The second-order valence-electron chi connectivity index (χ2n) is 6.69. The quantitative estimate of drug-likeness (QED) is 0.524. The number of ether oxygens (including phenoxy) is 1. The molecule has 0 fully saturated rings. The van der Waals surface area contributed by atoms with Gasteiger partial charge in [0.1, 0.15) is 11.6 Å². The van der Waals surface area contributed by atoms with Gasteiger partial charge in [0, 0.05) is 16.3 Å². The summed E-state index contributed by atoms with van der Waals surface area (Å²) in [4.78, 5) is 30.3. The summed E-state index contributed by atoms with van der Waals surface area (Å²) in [5.74, 6) is 0.949. The summed E-state index contributed by atoms with van der Waals surface area (Å²) in [5, 5.41) is 3.68. The van der Waals surface area contributed by atoms with Crippen LogP contribution < -0.4 is 15.6 Å². The Morgan fingerprint density at radius 2 is 1.83 bits per heavy atom. The molecule has 4 aromatic rings. The summed E-state index contributed by atoms with van der Waals surface area (Å²) in [6.07, 6.45) is 0. The normalized spacial score (nSPS) is 10.8. The molecule has 1 aromatic heterocycles. The molecule has 1 amide bonds. The van der Waals surface area contributed by atoms with Crippen molar-refractivity contribution < 1.29 is 9.53 Å². The lowest BCUT2D eigenvalue weighted by atomic mass is 10.2. The topological polar surface area (TPSA) is 73.2 Å². The van der Waals surface area contributed by atoms with Crippen LogP contribution >= 0.6 is 11.6 Å². The van der Waals surface area contributed by atoms with Crippen LogP contribution in [0.1, 0.15) is 16.2 Å². The lowest BCUT2D eigenvalue weighted by Crippen LogP contribution is -2.22. The van der Waals surface area contributed by atoms with E-state index in [1.165, 1.54) is 4.57 Å². The number of aromatic nitrogens is 2. The van der Waals surface area contributed by atoms with E-state index in [-0.39, 0.29) is 11.5 Å². The van der Waals surface area contributed by atoms with Crippen LogP contribution in [0.2, 0.25) is 5.02 Å². The summed E-state index contributed by atoms with van der Waals surface area (Å²) in [7, 11) is 1.59. The Balaban J connectivity index is 1.74. The summed E-state index contributed by atoms with van der Waals surface area (Å²) in [6.45, 7) is 1.78. The Morgan fingerprint density at radius 1 is 1.07 bits per heavy atom. The number of amides is 1. The Labute approximate surface area is 177 Å². The number of benzene rings is 3. The van der Waals surface area contributed by atoms with Gasteiger partial charge in [-0.3, -0.25) is 14.2 Å². The highest BCUT2D eigenvalue weighted by Gasteiger charge is 2.12. The van der Waals surface area contributed by atoms with Gasteiger partial charge >= 0.3 is 0 Å². The lowest BCUT2D eigenvalue weighted by molar-refractivity contribution is 0.102. The van der Waals surface area contributed by atoms with Gasteiger partial charge in [-0.25, -0.2) is 4.98 Å². The minimum absolute atomic E-state index is 0.221. The fraction of sp³-hybridized carbons (Fsp3) is 0.0870. The zero-order valence-corrected chi connectivity index (χ0v) is 17.1. The zero-order valence-electron chi connectivity index (χ0n) is 16.3. The Morgan fingerprint density at radius 3 is 2.53 bits per heavy atom. The molecule has 0 saturated heterocycles. The molecule has 0 aliphatic heterocycles. The number of nitrogens with one attached hydrogen (secondary N) is 1. The van der Waals surface area contributed by atoms with E-state index in [9.17, 15) is 9.59 Å². The first kappa shape index (κ1) is 19.7. The molecule has 150 valence electrons. The highest BCUT2D eigenvalue weighted by atomic mass is 35.5. The van der Waals surface area contributed by atoms with E-state index in [4.69, 9.17) is 16.3 Å². The van der Waals surface area contributed by atoms with Crippen molar-refractivity contribution in [3.8, 4) is 11.4 Å². The number of rotatable bonds is 4. The first-order valence-electron chi connectivity index (χ1n) is 9.21. The number of halogens is 1. The van der Waals surface area contributed by atoms with Crippen molar-refractivity contribution in [2.24, 2.45) is 0 Å². The predicted octanol–water partition coefficient (Wildman–Crippen LogP) is 4.61. The number of fused-ring (bicyclic) bond motifs is 1. The summed E-state index contributed by atoms with van der Waals surface area (Å²) >= 11 is 5.96. The average molecular weight is 420 g/mol. The van der Waals surface area contributed by atoms with Crippen molar-refractivity contribution in [3.63, 3.8) is 0 Å². The van der Waals surface area contributed by atoms with E-state index < -0.39 is 0 Å². The first-order valence-corrected chi connectivity index (χ1v) is 9.59. The number of aryl methyl sites for hydroxylation is 1. The highest BCUT2D eigenvalue weighted by Crippen LogP contribution is 2.20. The zero-order chi connectivity index (χ0) is 21.3. The van der Waals surface area contributed by atoms with Crippen LogP contribution in [0.5, 0.6) is 5.75 Å². The number of methoxy groups -OCH3 is 1. The number of hydrogen-bond donors (Lipinski definition) is 1. The molecular formula is C23H18ClN3O3. The second-order valence-corrected chi connectivity index (χ2v) is 7.13. The molecule has 1 N–H and O–H groups in total. The standard InChI is InChI=1S/C23H18ClN3O3/c1-14-25-21-11-6-17(26-22(28)15-4-3-5-16(24)12-15)13-20(21)23(29)27(14)18-7-9-19(30-2)10-8-18/h3-13H,1-2H3,(H,26,28). The largest absolute Gasteiger partial charge is 0.497 e. The van der Waals surface area contributed by atoms with Crippen molar-refractivity contribution in [1.29, 1.82) is 0 Å². The van der Waals surface area contributed by atoms with Gasteiger partial charge in [0.15, 0.2) is 0 Å². The van der Waals surface area contributed by atoms with E-state index in [0.717, 1.165) is 0 Å². The molecule has 3 aromatic carbocycles. The van der Waals surface area contributed by atoms with E-state index in [1.807, 2.05) is 0 Å². The maximum Gasteiger partial charge on any atom is 0.266 e.